The van der Waals surface area contributed by atoms with Crippen LogP contribution in [0, 0.1) is 0 Å². The number of methoxy groups -OCH3 is 1. The minimum absolute atomic E-state index is 0.0940. The molecule has 1 saturated heterocycles. The monoisotopic (exact) mass is 563 g/mol. The summed E-state index contributed by atoms with van der Waals surface area (Å²) in [6, 6.07) is 18.1. The molecule has 0 radical (unpaired) electrons. The van der Waals surface area contributed by atoms with Crippen LogP contribution >= 0.6 is 11.6 Å². The number of hydrazone groups is 1. The zero-order valence-corrected chi connectivity index (χ0v) is 23.6. The van der Waals surface area contributed by atoms with Gasteiger partial charge in [0, 0.05) is 56.4 Å². The van der Waals surface area contributed by atoms with Gasteiger partial charge >= 0.3 is 0 Å². The van der Waals surface area contributed by atoms with E-state index < -0.39 is 0 Å². The summed E-state index contributed by atoms with van der Waals surface area (Å²) in [5, 5.41) is 6.96. The third kappa shape index (κ3) is 6.38. The van der Waals surface area contributed by atoms with Crippen LogP contribution in [0.4, 0.5) is 0 Å². The van der Waals surface area contributed by atoms with E-state index >= 15 is 0 Å². The molecule has 2 aromatic carbocycles. The molecule has 1 aromatic heterocycles. The van der Waals surface area contributed by atoms with Gasteiger partial charge < -0.3 is 18.9 Å². The van der Waals surface area contributed by atoms with Crippen molar-refractivity contribution in [3.05, 3.63) is 88.7 Å². The van der Waals surface area contributed by atoms with Gasteiger partial charge in [0.15, 0.2) is 0 Å². The lowest BCUT2D eigenvalue weighted by Crippen LogP contribution is -2.46. The smallest absolute Gasteiger partial charge is 0.262 e. The van der Waals surface area contributed by atoms with E-state index in [1.165, 1.54) is 5.01 Å². The fourth-order valence-electron chi connectivity index (χ4n) is 5.09. The van der Waals surface area contributed by atoms with Gasteiger partial charge in [0.05, 0.1) is 37.8 Å². The molecule has 0 spiro atoms. The Morgan fingerprint density at radius 3 is 2.45 bits per heavy atom. The van der Waals surface area contributed by atoms with E-state index in [9.17, 15) is 9.59 Å². The molecule has 1 atom stereocenters. The van der Waals surface area contributed by atoms with Crippen molar-refractivity contribution < 1.29 is 19.1 Å². The molecule has 0 aliphatic carbocycles. The van der Waals surface area contributed by atoms with Crippen LogP contribution in [0.5, 0.6) is 5.75 Å². The molecule has 5 rings (SSSR count). The van der Waals surface area contributed by atoms with Crippen LogP contribution in [0.1, 0.15) is 34.1 Å². The Balaban J connectivity index is 1.40. The Kier molecular flexibility index (Phi) is 8.84. The first-order chi connectivity index (χ1) is 19.4. The molecule has 210 valence electrons. The lowest BCUT2D eigenvalue weighted by molar-refractivity contribution is -0.133. The maximum atomic E-state index is 13.9. The number of benzene rings is 2. The quantitative estimate of drug-likeness (QED) is 0.395. The lowest BCUT2D eigenvalue weighted by atomic mass is 10.0. The number of aryl methyl sites for hydroxylation is 1. The molecule has 3 heterocycles. The number of carbonyl (C=O) groups excluding carboxylic acids is 2. The summed E-state index contributed by atoms with van der Waals surface area (Å²) in [5.74, 6) is 0.212. The molecular weight excluding hydrogens is 530 g/mol. The van der Waals surface area contributed by atoms with Crippen molar-refractivity contribution in [2.45, 2.75) is 12.5 Å². The Bertz CT molecular complexity index is 1350. The second kappa shape index (κ2) is 12.7. The lowest BCUT2D eigenvalue weighted by Gasteiger charge is -2.31. The highest BCUT2D eigenvalue weighted by atomic mass is 35.5. The number of halogens is 1. The van der Waals surface area contributed by atoms with Crippen LogP contribution in [-0.4, -0.2) is 89.9 Å². The van der Waals surface area contributed by atoms with E-state index in [0.717, 1.165) is 30.1 Å². The molecule has 10 heteroatoms. The predicted octanol–water partition coefficient (Wildman–Crippen LogP) is 3.84. The van der Waals surface area contributed by atoms with E-state index in [-0.39, 0.29) is 24.4 Å². The summed E-state index contributed by atoms with van der Waals surface area (Å²) in [5.41, 5.74) is 3.21. The number of amides is 2. The van der Waals surface area contributed by atoms with Crippen molar-refractivity contribution in [2.24, 2.45) is 12.1 Å². The van der Waals surface area contributed by atoms with Gasteiger partial charge in [-0.1, -0.05) is 23.7 Å². The average molecular weight is 564 g/mol. The molecule has 1 fully saturated rings. The summed E-state index contributed by atoms with van der Waals surface area (Å²) in [6.45, 7) is 3.89. The van der Waals surface area contributed by atoms with Crippen molar-refractivity contribution >= 4 is 29.1 Å². The number of morpholine rings is 1. The number of nitrogens with zero attached hydrogens (tertiary/aromatic N) is 5. The number of carbonyl (C=O) groups is 2. The Morgan fingerprint density at radius 2 is 1.80 bits per heavy atom. The summed E-state index contributed by atoms with van der Waals surface area (Å²) in [6.07, 6.45) is 2.52. The topological polar surface area (TPSA) is 79.6 Å². The number of rotatable bonds is 9. The van der Waals surface area contributed by atoms with Gasteiger partial charge in [-0.3, -0.25) is 14.5 Å². The van der Waals surface area contributed by atoms with Gasteiger partial charge in [-0.05, 0) is 54.1 Å². The molecule has 2 aliphatic rings. The second-order valence-corrected chi connectivity index (χ2v) is 10.4. The molecule has 2 aliphatic heterocycles. The normalized spacial score (nSPS) is 17.5. The first kappa shape index (κ1) is 27.9. The summed E-state index contributed by atoms with van der Waals surface area (Å²) >= 11 is 6.15. The molecule has 40 heavy (non-hydrogen) atoms. The van der Waals surface area contributed by atoms with Gasteiger partial charge in [0.2, 0.25) is 0 Å². The standard InChI is InChI=1S/C30H34ClN5O4/c1-33-13-3-4-27(33)26-20-28(22-5-9-24(31)10-6-22)36(32-26)29(37)21-35(15-14-34-16-18-40-19-17-34)30(38)23-7-11-25(39-2)12-8-23/h3-13,28H,14-21H2,1-2H3. The highest BCUT2D eigenvalue weighted by Gasteiger charge is 2.35. The minimum Gasteiger partial charge on any atom is -0.497 e. The maximum absolute atomic E-state index is 13.9. The average Bonchev–Trinajstić information content (AvgIpc) is 3.62. The molecule has 0 saturated carbocycles. The van der Waals surface area contributed by atoms with Crippen LogP contribution in [-0.2, 0) is 16.6 Å². The molecule has 3 aromatic rings. The third-order valence-electron chi connectivity index (χ3n) is 7.40. The zero-order chi connectivity index (χ0) is 28.1. The third-order valence-corrected chi connectivity index (χ3v) is 7.65. The largest absolute Gasteiger partial charge is 0.497 e. The Morgan fingerprint density at radius 1 is 1.07 bits per heavy atom. The molecule has 2 amide bonds. The van der Waals surface area contributed by atoms with Crippen LogP contribution in [0.2, 0.25) is 5.02 Å². The van der Waals surface area contributed by atoms with E-state index in [2.05, 4.69) is 4.90 Å². The molecular formula is C30H34ClN5O4. The number of ether oxygens (including phenoxy) is 2. The SMILES string of the molecule is COc1ccc(C(=O)N(CCN2CCOCC2)CC(=O)N2N=C(c3cccn3C)CC2c2ccc(Cl)cc2)cc1. The van der Waals surface area contributed by atoms with E-state index in [1.54, 1.807) is 36.3 Å². The van der Waals surface area contributed by atoms with Crippen molar-refractivity contribution in [3.63, 3.8) is 0 Å². The Labute approximate surface area is 239 Å². The predicted molar refractivity (Wildman–Crippen MR) is 154 cm³/mol. The van der Waals surface area contributed by atoms with E-state index in [4.69, 9.17) is 26.2 Å². The first-order valence-corrected chi connectivity index (χ1v) is 13.8. The summed E-state index contributed by atoms with van der Waals surface area (Å²) in [4.78, 5) is 31.5. The van der Waals surface area contributed by atoms with Crippen molar-refractivity contribution in [1.29, 1.82) is 0 Å². The second-order valence-electron chi connectivity index (χ2n) is 9.97. The van der Waals surface area contributed by atoms with Crippen LogP contribution in [0.25, 0.3) is 0 Å². The molecule has 9 nitrogen and oxygen atoms in total. The van der Waals surface area contributed by atoms with Gasteiger partial charge in [-0.15, -0.1) is 0 Å². The first-order valence-electron chi connectivity index (χ1n) is 13.4. The number of aromatic nitrogens is 1. The van der Waals surface area contributed by atoms with Gasteiger partial charge in [0.25, 0.3) is 11.8 Å². The zero-order valence-electron chi connectivity index (χ0n) is 22.8. The van der Waals surface area contributed by atoms with Crippen molar-refractivity contribution in [1.82, 2.24) is 19.4 Å². The van der Waals surface area contributed by atoms with Gasteiger partial charge in [-0.25, -0.2) is 5.01 Å². The molecule has 0 bridgehead atoms. The molecule has 1 unspecified atom stereocenters. The van der Waals surface area contributed by atoms with Crippen LogP contribution < -0.4 is 4.74 Å². The van der Waals surface area contributed by atoms with Crippen LogP contribution in [0.15, 0.2) is 72.0 Å². The maximum Gasteiger partial charge on any atom is 0.262 e. The van der Waals surface area contributed by atoms with Gasteiger partial charge in [-0.2, -0.15) is 5.10 Å². The van der Waals surface area contributed by atoms with Crippen molar-refractivity contribution in [2.75, 3.05) is 53.0 Å². The highest BCUT2D eigenvalue weighted by Crippen LogP contribution is 2.33. The van der Waals surface area contributed by atoms with E-state index in [1.807, 2.05) is 54.2 Å². The summed E-state index contributed by atoms with van der Waals surface area (Å²) < 4.78 is 12.7. The van der Waals surface area contributed by atoms with E-state index in [0.29, 0.717) is 49.1 Å². The Hall–Kier alpha value is -3.66. The molecule has 0 N–H and O–H groups in total. The minimum atomic E-state index is -0.299. The highest BCUT2D eigenvalue weighted by molar-refractivity contribution is 6.30. The fraction of sp³-hybridized carbons (Fsp3) is 0.367. The van der Waals surface area contributed by atoms with Crippen LogP contribution in [0.3, 0.4) is 0 Å². The van der Waals surface area contributed by atoms with Crippen molar-refractivity contribution in [3.8, 4) is 5.75 Å². The summed E-state index contributed by atoms with van der Waals surface area (Å²) in [7, 11) is 3.54. The number of hydrogen-bond acceptors (Lipinski definition) is 6. The fourth-order valence-corrected chi connectivity index (χ4v) is 5.22. The number of hydrogen-bond donors (Lipinski definition) is 0. The van der Waals surface area contributed by atoms with Gasteiger partial charge in [0.1, 0.15) is 12.3 Å².